The molecule has 0 aliphatic carbocycles. The van der Waals surface area contributed by atoms with Gasteiger partial charge < -0.3 is 15.3 Å². The molecule has 3 rings (SSSR count). The Bertz CT molecular complexity index is 976. The van der Waals surface area contributed by atoms with Gasteiger partial charge in [-0.05, 0) is 18.6 Å². The molecule has 2 heterocycles. The molecule has 0 bridgehead atoms. The van der Waals surface area contributed by atoms with Crippen molar-refractivity contribution in [1.82, 2.24) is 9.97 Å². The summed E-state index contributed by atoms with van der Waals surface area (Å²) in [6, 6.07) is 6.46. The molecule has 1 aromatic carbocycles. The third-order valence-corrected chi connectivity index (χ3v) is 3.70. The van der Waals surface area contributed by atoms with E-state index < -0.39 is 23.0 Å². The lowest BCUT2D eigenvalue weighted by Crippen LogP contribution is -2.18. The zero-order chi connectivity index (χ0) is 17.3. The van der Waals surface area contributed by atoms with Gasteiger partial charge in [-0.15, -0.1) is 0 Å². The molecule has 0 saturated carbocycles. The van der Waals surface area contributed by atoms with Crippen LogP contribution in [0.3, 0.4) is 0 Å². The normalized spacial score (nSPS) is 12.2. The van der Waals surface area contributed by atoms with E-state index in [1.165, 1.54) is 12.3 Å². The number of hydrogen-bond acceptors (Lipinski definition) is 6. The van der Waals surface area contributed by atoms with Gasteiger partial charge >= 0.3 is 0 Å². The molecule has 0 radical (unpaired) electrons. The van der Waals surface area contributed by atoms with Gasteiger partial charge in [0.05, 0.1) is 17.0 Å². The molecule has 1 unspecified atom stereocenters. The number of hydrogen-bond donors (Lipinski definition) is 2. The number of aromatic nitrogens is 2. The zero-order valence-electron chi connectivity index (χ0n) is 12.9. The number of nitrogens with two attached hydrogens (primary N) is 1. The number of para-hydroxylation sites is 1. The Morgan fingerprint density at radius 1 is 1.33 bits per heavy atom. The number of benzene rings is 1. The summed E-state index contributed by atoms with van der Waals surface area (Å²) in [5.41, 5.74) is 6.56. The van der Waals surface area contributed by atoms with Crippen molar-refractivity contribution in [3.8, 4) is 5.75 Å². The van der Waals surface area contributed by atoms with Gasteiger partial charge in [0.25, 0.3) is 0 Å². The molecular weight excluding hydrogens is 310 g/mol. The summed E-state index contributed by atoms with van der Waals surface area (Å²) in [7, 11) is 0. The van der Waals surface area contributed by atoms with Crippen molar-refractivity contribution in [1.29, 1.82) is 0 Å². The molecule has 7 heteroatoms. The second-order valence-corrected chi connectivity index (χ2v) is 5.43. The molecule has 3 aromatic rings. The number of aryl methyl sites for hydroxylation is 1. The van der Waals surface area contributed by atoms with Gasteiger partial charge in [0, 0.05) is 24.9 Å². The molecular formula is C17H15N3O4. The SMILES string of the molecule is Cc1cc(=O)c(O)c(C(CC(N)=O)c2cccc3nccnc23)o1. The van der Waals surface area contributed by atoms with Crippen molar-refractivity contribution in [3.05, 3.63) is 64.0 Å². The molecule has 7 nitrogen and oxygen atoms in total. The third kappa shape index (κ3) is 2.83. The number of nitrogens with zero attached hydrogens (tertiary/aromatic N) is 2. The first-order valence-corrected chi connectivity index (χ1v) is 7.29. The van der Waals surface area contributed by atoms with Gasteiger partial charge in [0.15, 0.2) is 5.76 Å². The lowest BCUT2D eigenvalue weighted by molar-refractivity contribution is -0.118. The van der Waals surface area contributed by atoms with Gasteiger partial charge in [-0.1, -0.05) is 12.1 Å². The maximum atomic E-state index is 11.9. The molecule has 0 aliphatic rings. The summed E-state index contributed by atoms with van der Waals surface area (Å²) < 4.78 is 5.55. The second kappa shape index (κ2) is 6.11. The molecule has 0 spiro atoms. The van der Waals surface area contributed by atoms with Gasteiger partial charge in [0.2, 0.25) is 17.1 Å². The van der Waals surface area contributed by atoms with Gasteiger partial charge in [-0.25, -0.2) is 0 Å². The Hall–Kier alpha value is -3.22. The Labute approximate surface area is 136 Å². The molecule has 2 aromatic heterocycles. The average Bonchev–Trinajstić information content (AvgIpc) is 2.55. The number of aromatic hydroxyl groups is 1. The summed E-state index contributed by atoms with van der Waals surface area (Å²) in [6.45, 7) is 1.59. The first-order valence-electron chi connectivity index (χ1n) is 7.29. The first kappa shape index (κ1) is 15.7. The topological polar surface area (TPSA) is 119 Å². The largest absolute Gasteiger partial charge is 0.502 e. The molecule has 0 fully saturated rings. The molecule has 0 saturated heterocycles. The molecule has 122 valence electrons. The van der Waals surface area contributed by atoms with E-state index in [0.29, 0.717) is 22.4 Å². The zero-order valence-corrected chi connectivity index (χ0v) is 12.9. The van der Waals surface area contributed by atoms with E-state index >= 15 is 0 Å². The number of primary amides is 1. The van der Waals surface area contributed by atoms with Crippen molar-refractivity contribution in [2.24, 2.45) is 5.73 Å². The average molecular weight is 325 g/mol. The van der Waals surface area contributed by atoms with Crippen LogP contribution in [-0.2, 0) is 4.79 Å². The van der Waals surface area contributed by atoms with Crippen molar-refractivity contribution in [3.63, 3.8) is 0 Å². The molecule has 0 aliphatic heterocycles. The quantitative estimate of drug-likeness (QED) is 0.752. The minimum atomic E-state index is -0.740. The molecule has 1 amide bonds. The van der Waals surface area contributed by atoms with E-state index in [-0.39, 0.29) is 12.2 Å². The summed E-state index contributed by atoms with van der Waals surface area (Å²) >= 11 is 0. The van der Waals surface area contributed by atoms with Crippen molar-refractivity contribution < 1.29 is 14.3 Å². The fraction of sp³-hybridized carbons (Fsp3) is 0.176. The maximum absolute atomic E-state index is 11.9. The van der Waals surface area contributed by atoms with Gasteiger partial charge in [0.1, 0.15) is 5.76 Å². The van der Waals surface area contributed by atoms with Crippen molar-refractivity contribution in [2.45, 2.75) is 19.3 Å². The third-order valence-electron chi connectivity index (χ3n) is 3.70. The first-order chi connectivity index (χ1) is 11.5. The summed E-state index contributed by atoms with van der Waals surface area (Å²) in [5.74, 6) is -1.54. The molecule has 3 N–H and O–H groups in total. The van der Waals surface area contributed by atoms with Crippen molar-refractivity contribution >= 4 is 16.9 Å². The summed E-state index contributed by atoms with van der Waals surface area (Å²) in [5, 5.41) is 10.1. The van der Waals surface area contributed by atoms with Crippen molar-refractivity contribution in [2.75, 3.05) is 0 Å². The minimum Gasteiger partial charge on any atom is -0.502 e. The van der Waals surface area contributed by atoms with E-state index in [9.17, 15) is 14.7 Å². The van der Waals surface area contributed by atoms with Crippen LogP contribution in [-0.4, -0.2) is 21.0 Å². The standard InChI is InChI=1S/C17H15N3O4/c1-9-7-13(21)16(23)17(24-9)11(8-14(18)22)10-3-2-4-12-15(10)20-6-5-19-12/h2-7,11,23H,8H2,1H3,(H2,18,22). The highest BCUT2D eigenvalue weighted by Crippen LogP contribution is 2.35. The highest BCUT2D eigenvalue weighted by molar-refractivity contribution is 5.81. The smallest absolute Gasteiger partial charge is 0.227 e. The van der Waals surface area contributed by atoms with E-state index in [4.69, 9.17) is 10.2 Å². The second-order valence-electron chi connectivity index (χ2n) is 5.43. The van der Waals surface area contributed by atoms with Crippen LogP contribution in [0.4, 0.5) is 0 Å². The highest BCUT2D eigenvalue weighted by atomic mass is 16.4. The van der Waals surface area contributed by atoms with Crippen LogP contribution in [0.2, 0.25) is 0 Å². The number of carbonyl (C=O) groups is 1. The summed E-state index contributed by atoms with van der Waals surface area (Å²) in [4.78, 5) is 32.0. The van der Waals surface area contributed by atoms with Gasteiger partial charge in [-0.2, -0.15) is 0 Å². The Morgan fingerprint density at radius 2 is 2.08 bits per heavy atom. The molecule has 24 heavy (non-hydrogen) atoms. The fourth-order valence-corrected chi connectivity index (χ4v) is 2.70. The Kier molecular flexibility index (Phi) is 3.99. The predicted molar refractivity (Wildman–Crippen MR) is 86.6 cm³/mol. The summed E-state index contributed by atoms with van der Waals surface area (Å²) in [6.07, 6.45) is 2.94. The van der Waals surface area contributed by atoms with Crippen LogP contribution >= 0.6 is 0 Å². The number of rotatable bonds is 4. The van der Waals surface area contributed by atoms with E-state index in [1.807, 2.05) is 0 Å². The monoisotopic (exact) mass is 325 g/mol. The van der Waals surface area contributed by atoms with Crippen LogP contribution in [0.5, 0.6) is 5.75 Å². The lowest BCUT2D eigenvalue weighted by Gasteiger charge is -2.17. The van der Waals surface area contributed by atoms with Crippen LogP contribution in [0, 0.1) is 6.92 Å². The number of fused-ring (bicyclic) bond motifs is 1. The molecule has 1 atom stereocenters. The lowest BCUT2D eigenvalue weighted by atomic mass is 9.90. The van der Waals surface area contributed by atoms with E-state index in [0.717, 1.165) is 0 Å². The Balaban J connectivity index is 2.28. The number of carbonyl (C=O) groups excluding carboxylic acids is 1. The fourth-order valence-electron chi connectivity index (χ4n) is 2.70. The predicted octanol–water partition coefficient (Wildman–Crippen LogP) is 1.60. The number of amides is 1. The Morgan fingerprint density at radius 3 is 2.83 bits per heavy atom. The van der Waals surface area contributed by atoms with Crippen LogP contribution in [0.25, 0.3) is 11.0 Å². The van der Waals surface area contributed by atoms with E-state index in [2.05, 4.69) is 9.97 Å². The highest BCUT2D eigenvalue weighted by Gasteiger charge is 2.26. The maximum Gasteiger partial charge on any atom is 0.227 e. The van der Waals surface area contributed by atoms with E-state index in [1.54, 1.807) is 31.3 Å². The van der Waals surface area contributed by atoms with Crippen LogP contribution in [0.1, 0.15) is 29.4 Å². The van der Waals surface area contributed by atoms with Gasteiger partial charge in [-0.3, -0.25) is 19.6 Å². The minimum absolute atomic E-state index is 0.00282. The van der Waals surface area contributed by atoms with Crippen LogP contribution < -0.4 is 11.2 Å². The van der Waals surface area contributed by atoms with Crippen LogP contribution in [0.15, 0.2) is 45.9 Å².